The van der Waals surface area contributed by atoms with Gasteiger partial charge in [0.05, 0.1) is 5.56 Å². The summed E-state index contributed by atoms with van der Waals surface area (Å²) in [5.41, 5.74) is -0.0734. The van der Waals surface area contributed by atoms with Gasteiger partial charge in [-0.05, 0) is 18.6 Å². The molecule has 15 heavy (non-hydrogen) atoms. The van der Waals surface area contributed by atoms with Gasteiger partial charge in [0.25, 0.3) is 0 Å². The zero-order valence-corrected chi connectivity index (χ0v) is 8.23. The topological polar surface area (TPSA) is 87.5 Å². The quantitative estimate of drug-likeness (QED) is 0.783. The van der Waals surface area contributed by atoms with E-state index in [1.807, 2.05) is 6.92 Å². The Morgan fingerprint density at radius 1 is 1.27 bits per heavy atom. The molecule has 0 unspecified atom stereocenters. The lowest BCUT2D eigenvalue weighted by atomic mass is 10.1. The lowest BCUT2D eigenvalue weighted by molar-refractivity contribution is 0.0646. The first-order chi connectivity index (χ1) is 7.06. The van der Waals surface area contributed by atoms with Crippen molar-refractivity contribution in [3.63, 3.8) is 0 Å². The van der Waals surface area contributed by atoms with Crippen molar-refractivity contribution in [2.45, 2.75) is 19.8 Å². The largest absolute Gasteiger partial charge is 0.478 e. The van der Waals surface area contributed by atoms with E-state index in [9.17, 15) is 9.59 Å². The number of rotatable bonds is 4. The fourth-order valence-electron chi connectivity index (χ4n) is 1.23. The van der Waals surface area contributed by atoms with Crippen LogP contribution in [0.5, 0.6) is 0 Å². The molecule has 0 aliphatic heterocycles. The molecule has 5 heteroatoms. The maximum absolute atomic E-state index is 10.8. The Morgan fingerprint density at radius 3 is 2.40 bits per heavy atom. The summed E-state index contributed by atoms with van der Waals surface area (Å²) in [6.45, 7) is 1.94. The highest BCUT2D eigenvalue weighted by atomic mass is 16.4. The van der Waals surface area contributed by atoms with Crippen molar-refractivity contribution in [3.05, 3.63) is 29.1 Å². The third-order valence-electron chi connectivity index (χ3n) is 1.89. The molecule has 1 rings (SSSR count). The minimum Gasteiger partial charge on any atom is -0.478 e. The molecule has 0 fully saturated rings. The number of hydrogen-bond acceptors (Lipinski definition) is 3. The molecule has 0 aromatic carbocycles. The highest BCUT2D eigenvalue weighted by Crippen LogP contribution is 2.09. The van der Waals surface area contributed by atoms with Gasteiger partial charge in [0.15, 0.2) is 5.69 Å². The molecule has 1 aromatic rings. The Morgan fingerprint density at radius 2 is 1.93 bits per heavy atom. The predicted molar refractivity (Wildman–Crippen MR) is 52.2 cm³/mol. The highest BCUT2D eigenvalue weighted by Gasteiger charge is 2.17. The molecule has 2 N–H and O–H groups in total. The maximum Gasteiger partial charge on any atom is 0.355 e. The van der Waals surface area contributed by atoms with Crippen molar-refractivity contribution in [1.82, 2.24) is 4.98 Å². The Hall–Kier alpha value is -1.91. The number of aromatic carboxylic acids is 2. The summed E-state index contributed by atoms with van der Waals surface area (Å²) in [4.78, 5) is 25.3. The van der Waals surface area contributed by atoms with Gasteiger partial charge < -0.3 is 10.2 Å². The average Bonchev–Trinajstić information content (AvgIpc) is 2.17. The molecule has 1 heterocycles. The molecule has 0 atom stereocenters. The SMILES string of the molecule is CCCc1ccc(C(=O)O)c(C(=O)O)n1. The van der Waals surface area contributed by atoms with Crippen LogP contribution in [0.1, 0.15) is 39.9 Å². The van der Waals surface area contributed by atoms with Crippen LogP contribution in [0.15, 0.2) is 12.1 Å². The molecular formula is C10H11NO4. The summed E-state index contributed by atoms with van der Waals surface area (Å²) in [7, 11) is 0. The van der Waals surface area contributed by atoms with Gasteiger partial charge in [-0.1, -0.05) is 13.3 Å². The molecule has 0 saturated carbocycles. The normalized spacial score (nSPS) is 9.93. The van der Waals surface area contributed by atoms with Crippen molar-refractivity contribution in [3.8, 4) is 0 Å². The first-order valence-electron chi connectivity index (χ1n) is 4.52. The standard InChI is InChI=1S/C10H11NO4/c1-2-3-6-4-5-7(9(12)13)8(11-6)10(14)15/h4-5H,2-3H2,1H3,(H,12,13)(H,14,15). The van der Waals surface area contributed by atoms with Crippen LogP contribution in [0.3, 0.4) is 0 Å². The van der Waals surface area contributed by atoms with Crippen molar-refractivity contribution in [1.29, 1.82) is 0 Å². The monoisotopic (exact) mass is 209 g/mol. The van der Waals surface area contributed by atoms with E-state index in [4.69, 9.17) is 10.2 Å². The summed E-state index contributed by atoms with van der Waals surface area (Å²) < 4.78 is 0. The van der Waals surface area contributed by atoms with E-state index in [2.05, 4.69) is 4.98 Å². The molecule has 0 saturated heterocycles. The molecule has 0 aliphatic rings. The second-order valence-corrected chi connectivity index (χ2v) is 3.06. The van der Waals surface area contributed by atoms with E-state index in [1.54, 1.807) is 6.07 Å². The third kappa shape index (κ3) is 2.52. The fraction of sp³-hybridized carbons (Fsp3) is 0.300. The number of carbonyl (C=O) groups is 2. The van der Waals surface area contributed by atoms with Crippen molar-refractivity contribution in [2.75, 3.05) is 0 Å². The maximum atomic E-state index is 10.8. The Balaban J connectivity index is 3.21. The minimum atomic E-state index is -1.31. The lowest BCUT2D eigenvalue weighted by Gasteiger charge is -2.03. The van der Waals surface area contributed by atoms with Crippen LogP contribution in [0.2, 0.25) is 0 Å². The van der Waals surface area contributed by atoms with Gasteiger partial charge >= 0.3 is 11.9 Å². The van der Waals surface area contributed by atoms with Crippen LogP contribution < -0.4 is 0 Å². The summed E-state index contributed by atoms with van der Waals surface area (Å²) in [5, 5.41) is 17.5. The molecule has 1 aromatic heterocycles. The van der Waals surface area contributed by atoms with E-state index in [0.717, 1.165) is 6.42 Å². The number of aromatic nitrogens is 1. The molecule has 0 aliphatic carbocycles. The number of nitrogens with zero attached hydrogens (tertiary/aromatic N) is 1. The summed E-state index contributed by atoms with van der Waals surface area (Å²) in [6, 6.07) is 2.82. The van der Waals surface area contributed by atoms with Crippen LogP contribution >= 0.6 is 0 Å². The second-order valence-electron chi connectivity index (χ2n) is 3.06. The fourth-order valence-corrected chi connectivity index (χ4v) is 1.23. The smallest absolute Gasteiger partial charge is 0.355 e. The van der Waals surface area contributed by atoms with Crippen molar-refractivity contribution in [2.24, 2.45) is 0 Å². The van der Waals surface area contributed by atoms with E-state index >= 15 is 0 Å². The van der Waals surface area contributed by atoms with Gasteiger partial charge in [-0.15, -0.1) is 0 Å². The number of aryl methyl sites for hydroxylation is 1. The zero-order chi connectivity index (χ0) is 11.4. The van der Waals surface area contributed by atoms with Crippen LogP contribution in [-0.2, 0) is 6.42 Å². The second kappa shape index (κ2) is 4.54. The molecule has 0 amide bonds. The van der Waals surface area contributed by atoms with Crippen LogP contribution in [0, 0.1) is 0 Å². The van der Waals surface area contributed by atoms with E-state index in [0.29, 0.717) is 12.1 Å². The van der Waals surface area contributed by atoms with E-state index in [1.165, 1.54) is 6.07 Å². The molecule has 80 valence electrons. The number of carboxylic acids is 2. The van der Waals surface area contributed by atoms with Gasteiger partial charge in [0.2, 0.25) is 0 Å². The van der Waals surface area contributed by atoms with Gasteiger partial charge in [0, 0.05) is 5.69 Å². The van der Waals surface area contributed by atoms with Crippen molar-refractivity contribution < 1.29 is 19.8 Å². The van der Waals surface area contributed by atoms with Crippen molar-refractivity contribution >= 4 is 11.9 Å². The van der Waals surface area contributed by atoms with Gasteiger partial charge in [0.1, 0.15) is 0 Å². The number of carboxylic acid groups (broad SMARTS) is 2. The summed E-state index contributed by atoms with van der Waals surface area (Å²) in [5.74, 6) is -2.59. The van der Waals surface area contributed by atoms with Crippen LogP contribution in [0.25, 0.3) is 0 Å². The first kappa shape index (κ1) is 11.2. The predicted octanol–water partition coefficient (Wildman–Crippen LogP) is 1.43. The Kier molecular flexibility index (Phi) is 3.38. The summed E-state index contributed by atoms with van der Waals surface area (Å²) >= 11 is 0. The highest BCUT2D eigenvalue weighted by molar-refractivity contribution is 6.00. The van der Waals surface area contributed by atoms with Crippen LogP contribution in [-0.4, -0.2) is 27.1 Å². The average molecular weight is 209 g/mol. The Labute approximate surface area is 86.4 Å². The van der Waals surface area contributed by atoms with Gasteiger partial charge in [-0.3, -0.25) is 0 Å². The first-order valence-corrected chi connectivity index (χ1v) is 4.52. The molecule has 0 radical (unpaired) electrons. The molecule has 0 bridgehead atoms. The number of pyridine rings is 1. The minimum absolute atomic E-state index is 0.276. The lowest BCUT2D eigenvalue weighted by Crippen LogP contribution is -2.11. The molecule has 5 nitrogen and oxygen atoms in total. The van der Waals surface area contributed by atoms with E-state index < -0.39 is 17.6 Å². The molecule has 0 spiro atoms. The van der Waals surface area contributed by atoms with Gasteiger partial charge in [-0.2, -0.15) is 0 Å². The third-order valence-corrected chi connectivity index (χ3v) is 1.89. The van der Waals surface area contributed by atoms with Crippen LogP contribution in [0.4, 0.5) is 0 Å². The number of hydrogen-bond donors (Lipinski definition) is 2. The van der Waals surface area contributed by atoms with Gasteiger partial charge in [-0.25, -0.2) is 14.6 Å². The Bertz CT molecular complexity index is 400. The van der Waals surface area contributed by atoms with E-state index in [-0.39, 0.29) is 5.56 Å². The molecular weight excluding hydrogens is 198 g/mol. The summed E-state index contributed by atoms with van der Waals surface area (Å²) in [6.07, 6.45) is 1.47. The zero-order valence-electron chi connectivity index (χ0n) is 8.23.